The lowest BCUT2D eigenvalue weighted by Gasteiger charge is -2.12. The normalized spacial score (nSPS) is 11.3. The number of fused-ring (bicyclic) bond motifs is 1. The fourth-order valence-electron chi connectivity index (χ4n) is 3.50. The van der Waals surface area contributed by atoms with Crippen molar-refractivity contribution in [3.05, 3.63) is 86.6 Å². The van der Waals surface area contributed by atoms with Gasteiger partial charge in [0.2, 0.25) is 0 Å². The third-order valence-electron chi connectivity index (χ3n) is 5.03. The monoisotopic (exact) mass is 359 g/mol. The molecule has 0 radical (unpaired) electrons. The fourth-order valence-corrected chi connectivity index (χ4v) is 3.50. The highest BCUT2D eigenvalue weighted by Crippen LogP contribution is 2.30. The van der Waals surface area contributed by atoms with Crippen LogP contribution in [0.4, 0.5) is 0 Å². The molecule has 2 aromatic carbocycles. The summed E-state index contributed by atoms with van der Waals surface area (Å²) in [5, 5.41) is 0. The third kappa shape index (κ3) is 2.63. The van der Waals surface area contributed by atoms with Crippen molar-refractivity contribution >= 4 is 11.0 Å². The molecule has 136 valence electrons. The minimum Gasteiger partial charge on any atom is -0.303 e. The van der Waals surface area contributed by atoms with E-state index in [2.05, 4.69) is 0 Å². The first-order chi connectivity index (χ1) is 12.9. The Labute approximate surface area is 156 Å². The van der Waals surface area contributed by atoms with Gasteiger partial charge in [0, 0.05) is 19.8 Å². The van der Waals surface area contributed by atoms with E-state index in [4.69, 9.17) is 0 Å². The van der Waals surface area contributed by atoms with Gasteiger partial charge in [-0.3, -0.25) is 13.9 Å². The van der Waals surface area contributed by atoms with Crippen molar-refractivity contribution in [1.82, 2.24) is 13.7 Å². The lowest BCUT2D eigenvalue weighted by atomic mass is 10.1. The summed E-state index contributed by atoms with van der Waals surface area (Å²) in [5.41, 5.74) is 5.54. The minimum absolute atomic E-state index is 0.298. The summed E-state index contributed by atoms with van der Waals surface area (Å²) in [6, 6.07) is 18.1. The minimum atomic E-state index is -0.329. The van der Waals surface area contributed by atoms with Crippen molar-refractivity contribution in [1.29, 1.82) is 0 Å². The van der Waals surface area contributed by atoms with Crippen molar-refractivity contribution in [3.8, 4) is 16.9 Å². The van der Waals surface area contributed by atoms with Gasteiger partial charge in [0.05, 0.1) is 11.2 Å². The van der Waals surface area contributed by atoms with Crippen LogP contribution in [0.25, 0.3) is 28.0 Å². The van der Waals surface area contributed by atoms with E-state index in [0.29, 0.717) is 11.0 Å². The fraction of sp³-hybridized carbons (Fsp3) is 0.182. The number of aromatic nitrogens is 3. The Morgan fingerprint density at radius 2 is 1.48 bits per heavy atom. The number of aryl methyl sites for hydroxylation is 3. The molecule has 0 aliphatic rings. The zero-order valence-corrected chi connectivity index (χ0v) is 15.9. The Bertz CT molecular complexity index is 1290. The molecule has 2 aromatic heterocycles. The second-order valence-electron chi connectivity index (χ2n) is 7.01. The SMILES string of the molecule is Cc1ccc(-c2cc3c(c(=O)n(C)c(=O)n3C)n2-c2cccc(C)c2)cc1. The second-order valence-corrected chi connectivity index (χ2v) is 7.01. The maximum Gasteiger partial charge on any atom is 0.331 e. The summed E-state index contributed by atoms with van der Waals surface area (Å²) >= 11 is 0. The van der Waals surface area contributed by atoms with Crippen molar-refractivity contribution in [2.45, 2.75) is 13.8 Å². The third-order valence-corrected chi connectivity index (χ3v) is 5.03. The maximum atomic E-state index is 13.0. The number of rotatable bonds is 2. The summed E-state index contributed by atoms with van der Waals surface area (Å²) in [4.78, 5) is 25.4. The molecule has 4 aromatic rings. The Balaban J connectivity index is 2.21. The predicted octanol–water partition coefficient (Wildman–Crippen LogP) is 3.31. The number of nitrogens with zero attached hydrogens (tertiary/aromatic N) is 3. The average molecular weight is 359 g/mol. The molecular weight excluding hydrogens is 338 g/mol. The molecular formula is C22H21N3O2. The van der Waals surface area contributed by atoms with Crippen LogP contribution in [0, 0.1) is 13.8 Å². The molecule has 0 unspecified atom stereocenters. The van der Waals surface area contributed by atoms with Gasteiger partial charge in [-0.15, -0.1) is 0 Å². The molecule has 0 amide bonds. The van der Waals surface area contributed by atoms with E-state index in [1.807, 2.05) is 73.0 Å². The quantitative estimate of drug-likeness (QED) is 0.551. The Morgan fingerprint density at radius 1 is 0.778 bits per heavy atom. The molecule has 0 N–H and O–H groups in total. The van der Waals surface area contributed by atoms with Crippen LogP contribution in [0.1, 0.15) is 11.1 Å². The van der Waals surface area contributed by atoms with E-state index >= 15 is 0 Å². The van der Waals surface area contributed by atoms with Gasteiger partial charge >= 0.3 is 5.69 Å². The average Bonchev–Trinajstić information content (AvgIpc) is 3.06. The molecule has 0 saturated carbocycles. The molecule has 0 saturated heterocycles. The van der Waals surface area contributed by atoms with E-state index < -0.39 is 0 Å². The maximum absolute atomic E-state index is 13.0. The van der Waals surface area contributed by atoms with Crippen molar-refractivity contribution in [2.24, 2.45) is 14.1 Å². The van der Waals surface area contributed by atoms with Gasteiger partial charge in [-0.2, -0.15) is 0 Å². The summed E-state index contributed by atoms with van der Waals surface area (Å²) in [6.07, 6.45) is 0. The Hall–Kier alpha value is -3.34. The van der Waals surface area contributed by atoms with E-state index in [1.165, 1.54) is 17.2 Å². The molecule has 4 rings (SSSR count). The Kier molecular flexibility index (Phi) is 3.88. The molecule has 0 aliphatic heterocycles. The zero-order chi connectivity index (χ0) is 19.3. The van der Waals surface area contributed by atoms with Crippen LogP contribution in [0.3, 0.4) is 0 Å². The van der Waals surface area contributed by atoms with Crippen LogP contribution in [0.15, 0.2) is 64.2 Å². The van der Waals surface area contributed by atoms with Gasteiger partial charge in [0.1, 0.15) is 5.52 Å². The molecule has 0 spiro atoms. The van der Waals surface area contributed by atoms with Gasteiger partial charge in [0.25, 0.3) is 5.56 Å². The topological polar surface area (TPSA) is 48.9 Å². The van der Waals surface area contributed by atoms with Crippen LogP contribution in [-0.2, 0) is 14.1 Å². The van der Waals surface area contributed by atoms with Crippen molar-refractivity contribution < 1.29 is 0 Å². The largest absolute Gasteiger partial charge is 0.331 e. The summed E-state index contributed by atoms with van der Waals surface area (Å²) < 4.78 is 4.64. The first kappa shape index (κ1) is 17.1. The summed E-state index contributed by atoms with van der Waals surface area (Å²) in [5.74, 6) is 0. The van der Waals surface area contributed by atoms with Crippen LogP contribution < -0.4 is 11.2 Å². The molecule has 5 nitrogen and oxygen atoms in total. The molecule has 0 atom stereocenters. The molecule has 2 heterocycles. The molecule has 5 heteroatoms. The molecule has 0 fully saturated rings. The van der Waals surface area contributed by atoms with Crippen LogP contribution in [0.5, 0.6) is 0 Å². The lowest BCUT2D eigenvalue weighted by Crippen LogP contribution is -2.37. The first-order valence-electron chi connectivity index (χ1n) is 8.84. The summed E-state index contributed by atoms with van der Waals surface area (Å²) in [7, 11) is 3.22. The number of hydrogen-bond acceptors (Lipinski definition) is 2. The zero-order valence-electron chi connectivity index (χ0n) is 15.9. The van der Waals surface area contributed by atoms with E-state index in [1.54, 1.807) is 7.05 Å². The van der Waals surface area contributed by atoms with Crippen LogP contribution >= 0.6 is 0 Å². The number of hydrogen-bond donors (Lipinski definition) is 0. The highest BCUT2D eigenvalue weighted by Gasteiger charge is 2.19. The van der Waals surface area contributed by atoms with Gasteiger partial charge in [-0.1, -0.05) is 42.0 Å². The number of benzene rings is 2. The summed E-state index contributed by atoms with van der Waals surface area (Å²) in [6.45, 7) is 4.06. The van der Waals surface area contributed by atoms with Gasteiger partial charge in [-0.25, -0.2) is 4.79 Å². The van der Waals surface area contributed by atoms with Crippen LogP contribution in [-0.4, -0.2) is 13.7 Å². The van der Waals surface area contributed by atoms with E-state index in [0.717, 1.165) is 27.1 Å². The van der Waals surface area contributed by atoms with E-state index in [-0.39, 0.29) is 11.2 Å². The molecule has 0 bridgehead atoms. The standard InChI is InChI=1S/C22H21N3O2/c1-14-8-10-16(11-9-14)18-13-19-20(21(26)24(4)22(27)23(19)3)25(18)17-7-5-6-15(2)12-17/h5-13H,1-4H3. The molecule has 27 heavy (non-hydrogen) atoms. The van der Waals surface area contributed by atoms with Crippen LogP contribution in [0.2, 0.25) is 0 Å². The predicted molar refractivity (Wildman–Crippen MR) is 109 cm³/mol. The van der Waals surface area contributed by atoms with Gasteiger partial charge < -0.3 is 4.57 Å². The van der Waals surface area contributed by atoms with Crippen molar-refractivity contribution in [3.63, 3.8) is 0 Å². The second kappa shape index (κ2) is 6.13. The highest BCUT2D eigenvalue weighted by atomic mass is 16.2. The molecule has 0 aliphatic carbocycles. The van der Waals surface area contributed by atoms with Gasteiger partial charge in [0.15, 0.2) is 0 Å². The smallest absolute Gasteiger partial charge is 0.303 e. The van der Waals surface area contributed by atoms with Gasteiger partial charge in [-0.05, 0) is 43.2 Å². The highest BCUT2D eigenvalue weighted by molar-refractivity contribution is 5.86. The Morgan fingerprint density at radius 3 is 2.15 bits per heavy atom. The first-order valence-corrected chi connectivity index (χ1v) is 8.84. The van der Waals surface area contributed by atoms with E-state index in [9.17, 15) is 9.59 Å². The lowest BCUT2D eigenvalue weighted by molar-refractivity contribution is 0.711. The van der Waals surface area contributed by atoms with Crippen molar-refractivity contribution in [2.75, 3.05) is 0 Å².